The number of aryl methyl sites for hydroxylation is 3. The van der Waals surface area contributed by atoms with E-state index in [0.29, 0.717) is 18.1 Å². The molecule has 0 unspecified atom stereocenters. The van der Waals surface area contributed by atoms with Crippen LogP contribution in [0.5, 0.6) is 0 Å². The van der Waals surface area contributed by atoms with Crippen LogP contribution >= 0.6 is 0 Å². The van der Waals surface area contributed by atoms with Crippen LogP contribution in [0, 0.1) is 20.8 Å². The number of carbonyl (C=O) groups is 1. The average Bonchev–Trinajstić information content (AvgIpc) is 3.16. The van der Waals surface area contributed by atoms with Gasteiger partial charge in [-0.3, -0.25) is 15.1 Å². The Balaban J connectivity index is 1.54. The number of guanidine groups is 1. The van der Waals surface area contributed by atoms with Gasteiger partial charge in [0.25, 0.3) is 5.91 Å². The summed E-state index contributed by atoms with van der Waals surface area (Å²) in [5.74, 6) is 0.258. The smallest absolute Gasteiger partial charge is 0.257 e. The predicted octanol–water partition coefficient (Wildman–Crippen LogP) is 5.53. The molecule has 0 saturated heterocycles. The van der Waals surface area contributed by atoms with Gasteiger partial charge in [-0.05, 0) is 74.2 Å². The predicted molar refractivity (Wildman–Crippen MR) is 132 cm³/mol. The molecule has 0 aliphatic heterocycles. The Labute approximate surface area is 188 Å². The highest BCUT2D eigenvalue weighted by molar-refractivity contribution is 6.10. The molecular formula is C27H28N4O. The molecule has 1 heterocycles. The molecule has 0 aliphatic rings. The van der Waals surface area contributed by atoms with Crippen molar-refractivity contribution in [3.05, 3.63) is 101 Å². The third kappa shape index (κ3) is 5.24. The number of anilines is 1. The van der Waals surface area contributed by atoms with Crippen LogP contribution in [0.2, 0.25) is 0 Å². The molecule has 0 radical (unpaired) electrons. The number of aliphatic imine (C=N–C) groups is 1. The molecule has 0 spiro atoms. The van der Waals surface area contributed by atoms with Crippen molar-refractivity contribution in [2.75, 3.05) is 11.9 Å². The maximum atomic E-state index is 12.8. The van der Waals surface area contributed by atoms with Gasteiger partial charge >= 0.3 is 0 Å². The summed E-state index contributed by atoms with van der Waals surface area (Å²) in [6, 6.07) is 21.9. The number of rotatable bonds is 5. The fourth-order valence-corrected chi connectivity index (χ4v) is 3.81. The van der Waals surface area contributed by atoms with Gasteiger partial charge in [-0.1, -0.05) is 42.0 Å². The van der Waals surface area contributed by atoms with Gasteiger partial charge in [0.05, 0.1) is 0 Å². The zero-order valence-electron chi connectivity index (χ0n) is 18.7. The van der Waals surface area contributed by atoms with Gasteiger partial charge in [0, 0.05) is 34.9 Å². The second-order valence-electron chi connectivity index (χ2n) is 8.16. The zero-order valence-corrected chi connectivity index (χ0v) is 18.7. The monoisotopic (exact) mass is 424 g/mol. The number of benzene rings is 3. The minimum atomic E-state index is -0.187. The first-order valence-electron chi connectivity index (χ1n) is 10.8. The number of aromatic nitrogens is 1. The third-order valence-corrected chi connectivity index (χ3v) is 5.36. The molecule has 4 rings (SSSR count). The maximum absolute atomic E-state index is 12.8. The molecule has 0 fully saturated rings. The molecule has 32 heavy (non-hydrogen) atoms. The molecule has 4 aromatic rings. The Morgan fingerprint density at radius 1 is 0.906 bits per heavy atom. The highest BCUT2D eigenvalue weighted by Gasteiger charge is 2.10. The van der Waals surface area contributed by atoms with E-state index in [1.165, 1.54) is 10.9 Å². The van der Waals surface area contributed by atoms with Crippen LogP contribution in [0.4, 0.5) is 5.69 Å². The largest absolute Gasteiger partial charge is 0.361 e. The van der Waals surface area contributed by atoms with Gasteiger partial charge < -0.3 is 10.3 Å². The summed E-state index contributed by atoms with van der Waals surface area (Å²) < 4.78 is 0. The molecule has 5 nitrogen and oxygen atoms in total. The van der Waals surface area contributed by atoms with E-state index < -0.39 is 0 Å². The lowest BCUT2D eigenvalue weighted by molar-refractivity contribution is 0.0977. The molecule has 0 aliphatic carbocycles. The van der Waals surface area contributed by atoms with Crippen LogP contribution < -0.4 is 10.6 Å². The summed E-state index contributed by atoms with van der Waals surface area (Å²) in [5.41, 5.74) is 7.24. The zero-order chi connectivity index (χ0) is 22.5. The van der Waals surface area contributed by atoms with Crippen molar-refractivity contribution in [1.29, 1.82) is 0 Å². The summed E-state index contributed by atoms with van der Waals surface area (Å²) in [6.45, 7) is 6.65. The van der Waals surface area contributed by atoms with Crippen molar-refractivity contribution in [3.63, 3.8) is 0 Å². The average molecular weight is 425 g/mol. The molecule has 1 amide bonds. The topological polar surface area (TPSA) is 69.3 Å². The third-order valence-electron chi connectivity index (χ3n) is 5.36. The molecule has 0 bridgehead atoms. The number of amides is 1. The van der Waals surface area contributed by atoms with E-state index >= 15 is 0 Å². The molecule has 0 atom stereocenters. The van der Waals surface area contributed by atoms with Crippen molar-refractivity contribution in [3.8, 4) is 0 Å². The standard InChI is InChI=1S/C27H28N4O/c1-18-8-10-21(11-9-18)26(32)31-27(30-23-15-19(2)14-20(3)16-23)28-13-12-22-17-29-25-7-5-4-6-24(22)25/h4-11,14-17,29H,12-13H2,1-3H3,(H2,28,30,31,32). The van der Waals surface area contributed by atoms with E-state index in [1.807, 2.05) is 61.7 Å². The van der Waals surface area contributed by atoms with E-state index in [9.17, 15) is 4.79 Å². The minimum Gasteiger partial charge on any atom is -0.361 e. The first-order chi connectivity index (χ1) is 15.5. The number of fused-ring (bicyclic) bond motifs is 1. The van der Waals surface area contributed by atoms with Crippen molar-refractivity contribution in [2.45, 2.75) is 27.2 Å². The number of carbonyl (C=O) groups excluding carboxylic acids is 1. The van der Waals surface area contributed by atoms with Crippen LogP contribution in [0.25, 0.3) is 10.9 Å². The van der Waals surface area contributed by atoms with E-state index in [0.717, 1.165) is 34.3 Å². The van der Waals surface area contributed by atoms with Crippen molar-refractivity contribution in [2.24, 2.45) is 4.99 Å². The molecule has 0 saturated carbocycles. The van der Waals surface area contributed by atoms with Gasteiger partial charge in [0.1, 0.15) is 0 Å². The van der Waals surface area contributed by atoms with Gasteiger partial charge in [-0.25, -0.2) is 0 Å². The number of nitrogens with zero attached hydrogens (tertiary/aromatic N) is 1. The lowest BCUT2D eigenvalue weighted by atomic mass is 10.1. The first kappa shape index (κ1) is 21.4. The van der Waals surface area contributed by atoms with Crippen LogP contribution in [0.15, 0.2) is 77.9 Å². The lowest BCUT2D eigenvalue weighted by Gasteiger charge is -2.13. The molecule has 5 heteroatoms. The van der Waals surface area contributed by atoms with Crippen LogP contribution in [0.3, 0.4) is 0 Å². The summed E-state index contributed by atoms with van der Waals surface area (Å²) in [7, 11) is 0. The quantitative estimate of drug-likeness (QED) is 0.291. The van der Waals surface area contributed by atoms with E-state index in [1.54, 1.807) is 0 Å². The fourth-order valence-electron chi connectivity index (χ4n) is 3.81. The Morgan fingerprint density at radius 3 is 2.38 bits per heavy atom. The fraction of sp³-hybridized carbons (Fsp3) is 0.185. The van der Waals surface area contributed by atoms with Crippen LogP contribution in [-0.2, 0) is 6.42 Å². The normalized spacial score (nSPS) is 11.5. The molecule has 3 aromatic carbocycles. The van der Waals surface area contributed by atoms with Crippen molar-refractivity contribution < 1.29 is 4.79 Å². The Bertz CT molecular complexity index is 1250. The van der Waals surface area contributed by atoms with Gasteiger partial charge in [0.15, 0.2) is 0 Å². The lowest BCUT2D eigenvalue weighted by Crippen LogP contribution is -2.36. The van der Waals surface area contributed by atoms with Crippen molar-refractivity contribution in [1.82, 2.24) is 10.3 Å². The Hall–Kier alpha value is -3.86. The molecule has 162 valence electrons. The number of H-pyrrole nitrogens is 1. The highest BCUT2D eigenvalue weighted by atomic mass is 16.1. The second-order valence-corrected chi connectivity index (χ2v) is 8.16. The van der Waals surface area contributed by atoms with Crippen molar-refractivity contribution >= 4 is 28.5 Å². The van der Waals surface area contributed by atoms with Gasteiger partial charge in [-0.15, -0.1) is 0 Å². The summed E-state index contributed by atoms with van der Waals surface area (Å²) in [4.78, 5) is 20.8. The van der Waals surface area contributed by atoms with Gasteiger partial charge in [-0.2, -0.15) is 0 Å². The van der Waals surface area contributed by atoms with Gasteiger partial charge in [0.2, 0.25) is 5.96 Å². The second kappa shape index (κ2) is 9.52. The number of hydrogen-bond donors (Lipinski definition) is 3. The van der Waals surface area contributed by atoms with E-state index in [2.05, 4.69) is 47.7 Å². The maximum Gasteiger partial charge on any atom is 0.257 e. The van der Waals surface area contributed by atoms with E-state index in [-0.39, 0.29) is 5.91 Å². The molecular weight excluding hydrogens is 396 g/mol. The number of para-hydroxylation sites is 1. The van der Waals surface area contributed by atoms with E-state index in [4.69, 9.17) is 4.99 Å². The summed E-state index contributed by atoms with van der Waals surface area (Å²) >= 11 is 0. The minimum absolute atomic E-state index is 0.187. The summed E-state index contributed by atoms with van der Waals surface area (Å²) in [5, 5.41) is 7.45. The van der Waals surface area contributed by atoms with Crippen LogP contribution in [0.1, 0.15) is 32.6 Å². The highest BCUT2D eigenvalue weighted by Crippen LogP contribution is 2.18. The Morgan fingerprint density at radius 2 is 1.62 bits per heavy atom. The number of nitrogens with one attached hydrogen (secondary N) is 3. The Kier molecular flexibility index (Phi) is 6.36. The molecule has 3 N–H and O–H groups in total. The van der Waals surface area contributed by atoms with Crippen LogP contribution in [-0.4, -0.2) is 23.4 Å². The SMILES string of the molecule is Cc1ccc(C(=O)NC(=NCCc2c[nH]c3ccccc23)Nc2cc(C)cc(C)c2)cc1. The number of hydrogen-bond acceptors (Lipinski definition) is 2. The summed E-state index contributed by atoms with van der Waals surface area (Å²) in [6.07, 6.45) is 2.80. The number of aromatic amines is 1. The first-order valence-corrected chi connectivity index (χ1v) is 10.8. The molecule has 1 aromatic heterocycles.